The van der Waals surface area contributed by atoms with E-state index < -0.39 is 35.5 Å². The fourth-order valence-corrected chi connectivity index (χ4v) is 1.63. The average molecular weight is 365 g/mol. The fourth-order valence-electron chi connectivity index (χ4n) is 1.63. The van der Waals surface area contributed by atoms with E-state index in [4.69, 9.17) is 9.47 Å². The molecule has 3 amide bonds. The Morgan fingerprint density at radius 2 is 1.65 bits per heavy atom. The highest BCUT2D eigenvalue weighted by Crippen LogP contribution is 2.06. The topological polar surface area (TPSA) is 123 Å². The van der Waals surface area contributed by atoms with Gasteiger partial charge in [0.25, 0.3) is 5.91 Å². The molecule has 0 bridgehead atoms. The first kappa shape index (κ1) is 20.9. The van der Waals surface area contributed by atoms with Gasteiger partial charge in [0.15, 0.2) is 0 Å². The number of hydrogen-bond acceptors (Lipinski definition) is 6. The number of carbonyl (C=O) groups excluding carboxylic acids is 4. The highest BCUT2D eigenvalue weighted by atomic mass is 16.6. The zero-order valence-corrected chi connectivity index (χ0v) is 15.1. The van der Waals surface area contributed by atoms with E-state index in [2.05, 4.69) is 10.7 Å². The summed E-state index contributed by atoms with van der Waals surface area (Å²) in [6.07, 6.45) is -0.868. The zero-order chi connectivity index (χ0) is 19.7. The minimum absolute atomic E-state index is 0.0352. The Morgan fingerprint density at radius 3 is 2.23 bits per heavy atom. The number of benzene rings is 1. The van der Waals surface area contributed by atoms with Gasteiger partial charge in [0, 0.05) is 0 Å². The molecule has 1 aromatic carbocycles. The Morgan fingerprint density at radius 1 is 1.04 bits per heavy atom. The van der Waals surface area contributed by atoms with Gasteiger partial charge in [-0.05, 0) is 33.3 Å². The molecular weight excluding hydrogens is 342 g/mol. The maximum atomic E-state index is 11.8. The second-order valence-corrected chi connectivity index (χ2v) is 6.37. The molecule has 0 aromatic heterocycles. The monoisotopic (exact) mass is 365 g/mol. The number of hydrazine groups is 1. The molecule has 0 heterocycles. The molecule has 0 unspecified atom stereocenters. The number of nitrogens with one attached hydrogen (secondary N) is 3. The van der Waals surface area contributed by atoms with Crippen molar-refractivity contribution < 1.29 is 28.7 Å². The molecule has 1 atom stereocenters. The van der Waals surface area contributed by atoms with Crippen LogP contribution in [0.25, 0.3) is 0 Å². The van der Waals surface area contributed by atoms with E-state index in [1.165, 1.54) is 6.92 Å². The molecule has 0 spiro atoms. The summed E-state index contributed by atoms with van der Waals surface area (Å²) in [5, 5.41) is 2.17. The van der Waals surface area contributed by atoms with Crippen LogP contribution in [0.4, 0.5) is 4.79 Å². The Bertz CT molecular complexity index is 654. The second kappa shape index (κ2) is 9.40. The van der Waals surface area contributed by atoms with Gasteiger partial charge in [0.05, 0.1) is 0 Å². The van der Waals surface area contributed by atoms with Gasteiger partial charge in [-0.15, -0.1) is 0 Å². The van der Waals surface area contributed by atoms with Crippen molar-refractivity contribution in [3.8, 4) is 0 Å². The molecule has 142 valence electrons. The van der Waals surface area contributed by atoms with E-state index in [-0.39, 0.29) is 6.61 Å². The minimum Gasteiger partial charge on any atom is -0.453 e. The third-order valence-electron chi connectivity index (χ3n) is 2.83. The first-order chi connectivity index (χ1) is 12.1. The van der Waals surface area contributed by atoms with Crippen LogP contribution in [0.15, 0.2) is 30.3 Å². The lowest BCUT2D eigenvalue weighted by atomic mass is 10.2. The van der Waals surface area contributed by atoms with Gasteiger partial charge < -0.3 is 14.8 Å². The number of amides is 3. The Kier molecular flexibility index (Phi) is 7.57. The van der Waals surface area contributed by atoms with Gasteiger partial charge in [-0.25, -0.2) is 15.0 Å². The largest absolute Gasteiger partial charge is 0.453 e. The molecule has 0 aliphatic heterocycles. The van der Waals surface area contributed by atoms with Crippen LogP contribution in [0, 0.1) is 0 Å². The first-order valence-electron chi connectivity index (χ1n) is 7.89. The van der Waals surface area contributed by atoms with E-state index in [9.17, 15) is 19.2 Å². The molecular formula is C17H23N3O6. The second-order valence-electron chi connectivity index (χ2n) is 6.37. The lowest BCUT2D eigenvalue weighted by Crippen LogP contribution is -2.52. The van der Waals surface area contributed by atoms with Crippen LogP contribution in [0.2, 0.25) is 0 Å². The molecule has 0 fully saturated rings. The van der Waals surface area contributed by atoms with Gasteiger partial charge in [-0.1, -0.05) is 30.3 Å². The number of ether oxygens (including phenoxy) is 2. The summed E-state index contributed by atoms with van der Waals surface area (Å²) < 4.78 is 9.79. The van der Waals surface area contributed by atoms with Crippen molar-refractivity contribution in [2.24, 2.45) is 0 Å². The molecule has 9 nitrogen and oxygen atoms in total. The lowest BCUT2D eigenvalue weighted by molar-refractivity contribution is -0.163. The summed E-state index contributed by atoms with van der Waals surface area (Å²) in [7, 11) is 0. The zero-order valence-electron chi connectivity index (χ0n) is 15.1. The van der Waals surface area contributed by atoms with Crippen molar-refractivity contribution in [2.75, 3.05) is 0 Å². The SMILES string of the molecule is C[C@H](NC(=O)C(=O)OC(C)(C)C)C(=O)NNC(=O)OCc1ccccc1. The van der Waals surface area contributed by atoms with Crippen molar-refractivity contribution in [1.82, 2.24) is 16.2 Å². The molecule has 0 aliphatic rings. The van der Waals surface area contributed by atoms with Gasteiger partial charge in [-0.3, -0.25) is 15.0 Å². The summed E-state index contributed by atoms with van der Waals surface area (Å²) in [5.41, 5.74) is 4.08. The number of hydrogen-bond donors (Lipinski definition) is 3. The molecule has 0 saturated carbocycles. The predicted octanol–water partition coefficient (Wildman–Crippen LogP) is 0.790. The van der Waals surface area contributed by atoms with E-state index in [0.29, 0.717) is 0 Å². The minimum atomic E-state index is -1.10. The maximum absolute atomic E-state index is 11.8. The molecule has 1 aromatic rings. The van der Waals surface area contributed by atoms with Crippen molar-refractivity contribution in [3.63, 3.8) is 0 Å². The van der Waals surface area contributed by atoms with Crippen molar-refractivity contribution in [3.05, 3.63) is 35.9 Å². The maximum Gasteiger partial charge on any atom is 0.426 e. The van der Waals surface area contributed by atoms with Crippen LogP contribution < -0.4 is 16.2 Å². The van der Waals surface area contributed by atoms with Crippen LogP contribution in [0.5, 0.6) is 0 Å². The van der Waals surface area contributed by atoms with Crippen molar-refractivity contribution in [1.29, 1.82) is 0 Å². The predicted molar refractivity (Wildman–Crippen MR) is 91.4 cm³/mol. The molecule has 1 rings (SSSR count). The van der Waals surface area contributed by atoms with Gasteiger partial charge >= 0.3 is 18.0 Å². The molecule has 0 saturated heterocycles. The van der Waals surface area contributed by atoms with E-state index >= 15 is 0 Å². The summed E-state index contributed by atoms with van der Waals surface area (Å²) in [6.45, 7) is 6.21. The number of rotatable bonds is 4. The highest BCUT2D eigenvalue weighted by molar-refractivity contribution is 6.33. The summed E-state index contributed by atoms with van der Waals surface area (Å²) in [5.74, 6) is -2.90. The average Bonchev–Trinajstić information content (AvgIpc) is 2.57. The third-order valence-corrected chi connectivity index (χ3v) is 2.83. The standard InChI is InChI=1S/C17H23N3O6/c1-11(18-14(22)15(23)26-17(2,3)4)13(21)19-20-16(24)25-10-12-8-6-5-7-9-12/h5-9,11H,10H2,1-4H3,(H,18,22)(H,19,21)(H,20,24)/t11-/m0/s1. The Hall–Kier alpha value is -3.10. The van der Waals surface area contributed by atoms with E-state index in [1.807, 2.05) is 11.5 Å². The van der Waals surface area contributed by atoms with Crippen LogP contribution in [-0.2, 0) is 30.5 Å². The number of esters is 1. The Labute approximate surface area is 151 Å². The van der Waals surface area contributed by atoms with Crippen molar-refractivity contribution >= 4 is 23.9 Å². The van der Waals surface area contributed by atoms with Crippen LogP contribution in [0.1, 0.15) is 33.3 Å². The van der Waals surface area contributed by atoms with E-state index in [1.54, 1.807) is 45.0 Å². The molecule has 26 heavy (non-hydrogen) atoms. The van der Waals surface area contributed by atoms with Crippen LogP contribution in [-0.4, -0.2) is 35.5 Å². The summed E-state index contributed by atoms with van der Waals surface area (Å²) in [6, 6.07) is 7.90. The molecule has 0 aliphatic carbocycles. The third kappa shape index (κ3) is 8.13. The quantitative estimate of drug-likeness (QED) is 0.412. The Balaban J connectivity index is 2.34. The van der Waals surface area contributed by atoms with Gasteiger partial charge in [0.2, 0.25) is 0 Å². The first-order valence-corrected chi connectivity index (χ1v) is 7.89. The molecule has 3 N–H and O–H groups in total. The highest BCUT2D eigenvalue weighted by Gasteiger charge is 2.26. The van der Waals surface area contributed by atoms with Crippen LogP contribution >= 0.6 is 0 Å². The lowest BCUT2D eigenvalue weighted by Gasteiger charge is -2.20. The van der Waals surface area contributed by atoms with Crippen LogP contribution in [0.3, 0.4) is 0 Å². The van der Waals surface area contributed by atoms with E-state index in [0.717, 1.165) is 5.56 Å². The molecule has 0 radical (unpaired) electrons. The van der Waals surface area contributed by atoms with Gasteiger partial charge in [-0.2, -0.15) is 0 Å². The number of carbonyl (C=O) groups is 4. The smallest absolute Gasteiger partial charge is 0.426 e. The van der Waals surface area contributed by atoms with Gasteiger partial charge in [0.1, 0.15) is 18.2 Å². The molecule has 9 heteroatoms. The normalized spacial score (nSPS) is 11.7. The summed E-state index contributed by atoms with van der Waals surface area (Å²) in [4.78, 5) is 46.5. The fraction of sp³-hybridized carbons (Fsp3) is 0.412. The summed E-state index contributed by atoms with van der Waals surface area (Å²) >= 11 is 0. The van der Waals surface area contributed by atoms with Crippen molar-refractivity contribution in [2.45, 2.75) is 45.9 Å².